The van der Waals surface area contributed by atoms with Crippen molar-refractivity contribution in [3.8, 4) is 0 Å². The Morgan fingerprint density at radius 1 is 0.596 bits per heavy atom. The molecule has 0 spiro atoms. The van der Waals surface area contributed by atoms with Gasteiger partial charge in [0.1, 0.15) is 36.3 Å². The van der Waals surface area contributed by atoms with E-state index in [1.807, 2.05) is 13.8 Å². The highest BCUT2D eigenvalue weighted by atomic mass is 32.2. The molecule has 0 fully saturated rings. The Morgan fingerprint density at radius 3 is 1.42 bits per heavy atom. The number of rotatable bonds is 24. The standard InChI is InChI=1S/C33H61N7O10S2/c1-15(2)12-20(34)27(43)37-23(14-51)30(46)35-21(10-11-52-9)28(44)39-26(19(8)42)32(48)40-25(18(7)41)31(47)36-22(13-16(3)4)29(45)38-24(17(5)6)33(49)50/h15-26,41-42,51H,10-14,34H2,1-9H3,(H,35,46)(H,36,47)(H,37,43)(H,38,45)(H,39,44)(H,40,48)(H,49,50)/t18-,19-,20+,21+,22+,23+,24+,25+,26+/m1/s1. The summed E-state index contributed by atoms with van der Waals surface area (Å²) in [4.78, 5) is 90.7. The van der Waals surface area contributed by atoms with Gasteiger partial charge in [0.25, 0.3) is 0 Å². The van der Waals surface area contributed by atoms with Crippen LogP contribution in [0.1, 0.15) is 74.7 Å². The molecule has 0 saturated heterocycles. The molecule has 0 aromatic carbocycles. The van der Waals surface area contributed by atoms with Crippen LogP contribution < -0.4 is 37.6 Å². The molecule has 11 N–H and O–H groups in total. The van der Waals surface area contributed by atoms with Crippen LogP contribution in [0.5, 0.6) is 0 Å². The third kappa shape index (κ3) is 17.6. The number of nitrogens with one attached hydrogen (secondary N) is 6. The summed E-state index contributed by atoms with van der Waals surface area (Å²) in [5.74, 6) is -6.39. The van der Waals surface area contributed by atoms with Gasteiger partial charge in [-0.3, -0.25) is 28.8 Å². The predicted octanol–water partition coefficient (Wildman–Crippen LogP) is -1.50. The van der Waals surface area contributed by atoms with Gasteiger partial charge in [-0.1, -0.05) is 41.5 Å². The molecule has 0 unspecified atom stereocenters. The van der Waals surface area contributed by atoms with Gasteiger partial charge in [-0.25, -0.2) is 4.79 Å². The molecule has 0 aromatic heterocycles. The average Bonchev–Trinajstić information content (AvgIpc) is 3.03. The van der Waals surface area contributed by atoms with Crippen molar-refractivity contribution < 1.29 is 48.9 Å². The molecule has 19 heteroatoms. The number of nitrogens with two attached hydrogens (primary N) is 1. The molecule has 0 rings (SSSR count). The number of thiol groups is 1. The zero-order chi connectivity index (χ0) is 40.5. The van der Waals surface area contributed by atoms with E-state index < -0.39 is 102 Å². The Hall–Kier alpha value is -3.13. The first-order valence-electron chi connectivity index (χ1n) is 17.3. The lowest BCUT2D eigenvalue weighted by molar-refractivity contribution is -0.143. The third-order valence-electron chi connectivity index (χ3n) is 7.82. The van der Waals surface area contributed by atoms with Gasteiger partial charge in [-0.05, 0) is 62.9 Å². The summed E-state index contributed by atoms with van der Waals surface area (Å²) in [6.45, 7) is 13.0. The maximum absolute atomic E-state index is 13.5. The number of carbonyl (C=O) groups excluding carboxylic acids is 6. The molecule has 0 aromatic rings. The Morgan fingerprint density at radius 2 is 1.00 bits per heavy atom. The zero-order valence-electron chi connectivity index (χ0n) is 31.6. The summed E-state index contributed by atoms with van der Waals surface area (Å²) in [7, 11) is 0. The van der Waals surface area contributed by atoms with E-state index in [1.54, 1.807) is 34.0 Å². The molecule has 17 nitrogen and oxygen atoms in total. The SMILES string of the molecule is CSCC[C@H](NC(=O)[C@H](CS)NC(=O)[C@@H](N)CC(C)C)C(=O)N[C@H](C(=O)N[C@H](C(=O)N[C@@H](CC(C)C)C(=O)N[C@H](C(=O)O)C(C)C)[C@@H](C)O)[C@@H](C)O. The van der Waals surface area contributed by atoms with Crippen molar-refractivity contribution in [1.82, 2.24) is 31.9 Å². The lowest BCUT2D eigenvalue weighted by Crippen LogP contribution is -2.63. The van der Waals surface area contributed by atoms with Crippen molar-refractivity contribution in [2.24, 2.45) is 23.5 Å². The minimum Gasteiger partial charge on any atom is -0.480 e. The predicted molar refractivity (Wildman–Crippen MR) is 201 cm³/mol. The van der Waals surface area contributed by atoms with Gasteiger partial charge in [-0.2, -0.15) is 24.4 Å². The molecule has 0 bridgehead atoms. The lowest BCUT2D eigenvalue weighted by atomic mass is 9.99. The van der Waals surface area contributed by atoms with Crippen LogP contribution >= 0.6 is 24.4 Å². The number of hydrogen-bond donors (Lipinski definition) is 11. The number of carboxylic acids is 1. The summed E-state index contributed by atoms with van der Waals surface area (Å²) in [5, 5.41) is 45.2. The largest absolute Gasteiger partial charge is 0.480 e. The van der Waals surface area contributed by atoms with Crippen LogP contribution in [-0.4, -0.2) is 129 Å². The summed E-state index contributed by atoms with van der Waals surface area (Å²) in [6.07, 6.45) is -0.679. The highest BCUT2D eigenvalue weighted by Crippen LogP contribution is 2.10. The summed E-state index contributed by atoms with van der Waals surface area (Å²) in [5.41, 5.74) is 5.94. The fraction of sp³-hybridized carbons (Fsp3) is 0.788. The molecule has 0 heterocycles. The smallest absolute Gasteiger partial charge is 0.326 e. The van der Waals surface area contributed by atoms with Gasteiger partial charge < -0.3 is 53.0 Å². The van der Waals surface area contributed by atoms with Crippen LogP contribution in [0, 0.1) is 17.8 Å². The van der Waals surface area contributed by atoms with E-state index in [2.05, 4.69) is 44.5 Å². The van der Waals surface area contributed by atoms with Gasteiger partial charge in [0.15, 0.2) is 0 Å². The number of carboxylic acid groups (broad SMARTS) is 1. The first-order chi connectivity index (χ1) is 24.1. The number of carbonyl (C=O) groups is 7. The Labute approximate surface area is 316 Å². The summed E-state index contributed by atoms with van der Waals surface area (Å²) in [6, 6.07) is -9.01. The molecule has 9 atom stereocenters. The van der Waals surface area contributed by atoms with E-state index in [9.17, 15) is 48.9 Å². The van der Waals surface area contributed by atoms with E-state index in [4.69, 9.17) is 5.73 Å². The van der Waals surface area contributed by atoms with Crippen LogP contribution in [0.25, 0.3) is 0 Å². The maximum atomic E-state index is 13.5. The van der Waals surface area contributed by atoms with Crippen LogP contribution in [0.2, 0.25) is 0 Å². The van der Waals surface area contributed by atoms with Crippen LogP contribution in [0.15, 0.2) is 0 Å². The van der Waals surface area contributed by atoms with Crippen molar-refractivity contribution in [2.75, 3.05) is 17.8 Å². The first kappa shape index (κ1) is 48.9. The van der Waals surface area contributed by atoms with E-state index in [-0.39, 0.29) is 30.4 Å². The molecule has 0 aliphatic rings. The Kier molecular flexibility index (Phi) is 22.8. The highest BCUT2D eigenvalue weighted by Gasteiger charge is 2.36. The first-order valence-corrected chi connectivity index (χ1v) is 19.4. The van der Waals surface area contributed by atoms with E-state index >= 15 is 0 Å². The second kappa shape index (κ2) is 24.2. The number of amides is 6. The molecule has 0 aliphatic heterocycles. The zero-order valence-corrected chi connectivity index (χ0v) is 33.3. The molecule has 0 radical (unpaired) electrons. The van der Waals surface area contributed by atoms with Crippen molar-refractivity contribution in [1.29, 1.82) is 0 Å². The van der Waals surface area contributed by atoms with Crippen molar-refractivity contribution in [2.45, 2.75) is 129 Å². The van der Waals surface area contributed by atoms with Crippen LogP contribution in [0.4, 0.5) is 0 Å². The molecule has 0 aliphatic carbocycles. The summed E-state index contributed by atoms with van der Waals surface area (Å²) < 4.78 is 0. The molecular weight excluding hydrogens is 719 g/mol. The van der Waals surface area contributed by atoms with Gasteiger partial charge in [0.2, 0.25) is 35.4 Å². The molecule has 6 amide bonds. The number of thioether (sulfide) groups is 1. The van der Waals surface area contributed by atoms with Crippen LogP contribution in [0.3, 0.4) is 0 Å². The van der Waals surface area contributed by atoms with E-state index in [0.29, 0.717) is 12.2 Å². The Balaban J connectivity index is 6.01. The number of aliphatic hydroxyl groups is 2. The number of hydrogen-bond acceptors (Lipinski definition) is 12. The normalized spacial score (nSPS) is 16.7. The van der Waals surface area contributed by atoms with Gasteiger partial charge in [-0.15, -0.1) is 0 Å². The Bertz CT molecular complexity index is 1210. The molecule has 300 valence electrons. The van der Waals surface area contributed by atoms with Crippen molar-refractivity contribution in [3.63, 3.8) is 0 Å². The average molecular weight is 780 g/mol. The molecule has 0 saturated carbocycles. The van der Waals surface area contributed by atoms with Crippen molar-refractivity contribution in [3.05, 3.63) is 0 Å². The van der Waals surface area contributed by atoms with E-state index in [0.717, 1.165) is 0 Å². The third-order valence-corrected chi connectivity index (χ3v) is 8.83. The fourth-order valence-electron chi connectivity index (χ4n) is 4.90. The van der Waals surface area contributed by atoms with Gasteiger partial charge >= 0.3 is 5.97 Å². The summed E-state index contributed by atoms with van der Waals surface area (Å²) >= 11 is 5.54. The van der Waals surface area contributed by atoms with Crippen LogP contribution in [-0.2, 0) is 33.6 Å². The number of aliphatic hydroxyl groups excluding tert-OH is 2. The number of aliphatic carboxylic acids is 1. The fourth-order valence-corrected chi connectivity index (χ4v) is 5.63. The highest BCUT2D eigenvalue weighted by molar-refractivity contribution is 7.98. The maximum Gasteiger partial charge on any atom is 0.326 e. The minimum absolute atomic E-state index is 0.0977. The second-order valence-electron chi connectivity index (χ2n) is 14.0. The van der Waals surface area contributed by atoms with Gasteiger partial charge in [0, 0.05) is 5.75 Å². The second-order valence-corrected chi connectivity index (χ2v) is 15.4. The quantitative estimate of drug-likeness (QED) is 0.0500. The lowest BCUT2D eigenvalue weighted by Gasteiger charge is -2.29. The van der Waals surface area contributed by atoms with Crippen molar-refractivity contribution >= 4 is 65.8 Å². The van der Waals surface area contributed by atoms with Gasteiger partial charge in [0.05, 0.1) is 18.2 Å². The minimum atomic E-state index is -1.67. The topological polar surface area (TPSA) is 278 Å². The molecular formula is C33H61N7O10S2. The molecule has 52 heavy (non-hydrogen) atoms. The van der Waals surface area contributed by atoms with E-state index in [1.165, 1.54) is 25.6 Å². The monoisotopic (exact) mass is 779 g/mol.